The van der Waals surface area contributed by atoms with Crippen LogP contribution in [-0.2, 0) is 0 Å². The van der Waals surface area contributed by atoms with Gasteiger partial charge < -0.3 is 0 Å². The van der Waals surface area contributed by atoms with Crippen LogP contribution in [0.15, 0.2) is 30.3 Å². The lowest BCUT2D eigenvalue weighted by molar-refractivity contribution is 0.536. The van der Waals surface area contributed by atoms with E-state index in [-0.39, 0.29) is 0 Å². The molecule has 1 aromatic carbocycles. The molecule has 0 aliphatic carbocycles. The van der Waals surface area contributed by atoms with E-state index in [1.807, 2.05) is 12.1 Å². The molecule has 0 unspecified atom stereocenters. The lowest BCUT2D eigenvalue weighted by atomic mass is 10.0. The van der Waals surface area contributed by atoms with Crippen LogP contribution in [0.4, 0.5) is 0 Å². The SMILES string of the molecule is CCCCCCCCCCCCCCCC/C=C/c1ccc(P(Cl)Cl)cc1. The van der Waals surface area contributed by atoms with Crippen molar-refractivity contribution in [1.82, 2.24) is 0 Å². The minimum atomic E-state index is -1.02. The van der Waals surface area contributed by atoms with E-state index in [4.69, 9.17) is 22.5 Å². The Morgan fingerprint density at radius 2 is 1.11 bits per heavy atom. The summed E-state index contributed by atoms with van der Waals surface area (Å²) in [6.45, 7) is 1.27. The van der Waals surface area contributed by atoms with E-state index >= 15 is 0 Å². The van der Waals surface area contributed by atoms with Gasteiger partial charge in [0, 0.05) is 5.30 Å². The third kappa shape index (κ3) is 14.6. The number of hydrogen-bond donors (Lipinski definition) is 0. The predicted octanol–water partition coefficient (Wildman–Crippen LogP) is 9.99. The maximum absolute atomic E-state index is 5.92. The van der Waals surface area contributed by atoms with Crippen molar-refractivity contribution in [2.45, 2.75) is 103 Å². The highest BCUT2D eigenvalue weighted by Crippen LogP contribution is 2.45. The van der Waals surface area contributed by atoms with Crippen molar-refractivity contribution in [1.29, 1.82) is 0 Å². The lowest BCUT2D eigenvalue weighted by Gasteiger charge is -2.03. The molecule has 0 aromatic heterocycles. The second-order valence-corrected chi connectivity index (χ2v) is 11.1. The summed E-state index contributed by atoms with van der Waals surface area (Å²) in [6.07, 6.45) is 25.5. The molecule has 0 saturated heterocycles. The summed E-state index contributed by atoms with van der Waals surface area (Å²) in [5, 5.41) is 1.03. The Morgan fingerprint density at radius 3 is 1.56 bits per heavy atom. The van der Waals surface area contributed by atoms with E-state index in [2.05, 4.69) is 31.2 Å². The molecular formula is C24H39Cl2P. The van der Waals surface area contributed by atoms with Crippen LogP contribution in [0.3, 0.4) is 0 Å². The summed E-state index contributed by atoms with van der Waals surface area (Å²) in [4.78, 5) is 0. The highest BCUT2D eigenvalue weighted by molar-refractivity contribution is 8.08. The molecule has 1 rings (SSSR count). The van der Waals surface area contributed by atoms with Crippen molar-refractivity contribution >= 4 is 40.5 Å². The Bertz CT molecular complexity index is 468. The summed E-state index contributed by atoms with van der Waals surface area (Å²) in [5.41, 5.74) is 1.23. The second kappa shape index (κ2) is 18.0. The van der Waals surface area contributed by atoms with E-state index in [0.29, 0.717) is 0 Å². The van der Waals surface area contributed by atoms with Crippen molar-refractivity contribution in [2.75, 3.05) is 0 Å². The predicted molar refractivity (Wildman–Crippen MR) is 129 cm³/mol. The van der Waals surface area contributed by atoms with Gasteiger partial charge in [-0.15, -0.1) is 0 Å². The molecule has 27 heavy (non-hydrogen) atoms. The van der Waals surface area contributed by atoms with E-state index in [1.165, 1.54) is 102 Å². The van der Waals surface area contributed by atoms with Crippen molar-refractivity contribution in [2.24, 2.45) is 0 Å². The fraction of sp³-hybridized carbons (Fsp3) is 0.667. The summed E-state index contributed by atoms with van der Waals surface area (Å²) < 4.78 is 0. The summed E-state index contributed by atoms with van der Waals surface area (Å²) in [7, 11) is 0. The van der Waals surface area contributed by atoms with Crippen molar-refractivity contribution in [3.63, 3.8) is 0 Å². The van der Waals surface area contributed by atoms with Gasteiger partial charge in [-0.25, -0.2) is 0 Å². The van der Waals surface area contributed by atoms with Crippen molar-refractivity contribution in [3.05, 3.63) is 35.9 Å². The molecule has 0 nitrogen and oxygen atoms in total. The maximum Gasteiger partial charge on any atom is 0.116 e. The topological polar surface area (TPSA) is 0 Å². The summed E-state index contributed by atoms with van der Waals surface area (Å²) in [5.74, 6) is 0. The van der Waals surface area contributed by atoms with E-state index in [0.717, 1.165) is 5.30 Å². The quantitative estimate of drug-likeness (QED) is 0.171. The number of hydrogen-bond acceptors (Lipinski definition) is 0. The first-order valence-corrected chi connectivity index (χ1v) is 14.3. The van der Waals surface area contributed by atoms with Crippen LogP contribution in [-0.4, -0.2) is 0 Å². The largest absolute Gasteiger partial charge is 0.116 e. The second-order valence-electron chi connectivity index (χ2n) is 7.61. The Balaban J connectivity index is 1.86. The highest BCUT2D eigenvalue weighted by atomic mass is 35.9. The van der Waals surface area contributed by atoms with Crippen LogP contribution in [0.25, 0.3) is 6.08 Å². The molecule has 0 aliphatic heterocycles. The van der Waals surface area contributed by atoms with Crippen molar-refractivity contribution in [3.8, 4) is 0 Å². The van der Waals surface area contributed by atoms with Gasteiger partial charge in [0.1, 0.15) is 6.63 Å². The van der Waals surface area contributed by atoms with Crippen LogP contribution in [0.2, 0.25) is 0 Å². The first-order valence-electron chi connectivity index (χ1n) is 11.1. The fourth-order valence-corrected chi connectivity index (χ4v) is 4.42. The number of halogens is 2. The third-order valence-corrected chi connectivity index (χ3v) is 6.98. The van der Waals surface area contributed by atoms with Gasteiger partial charge in [-0.05, 0) is 18.4 Å². The van der Waals surface area contributed by atoms with E-state index < -0.39 is 6.63 Å². The molecule has 154 valence electrons. The average Bonchev–Trinajstić information content (AvgIpc) is 2.68. The van der Waals surface area contributed by atoms with Gasteiger partial charge in [0.25, 0.3) is 0 Å². The zero-order valence-electron chi connectivity index (χ0n) is 17.3. The average molecular weight is 429 g/mol. The molecule has 0 radical (unpaired) electrons. The molecule has 0 bridgehead atoms. The standard InChI is InChI=1S/C24H39Cl2P/c1-2-3-4-5-6-7-8-9-10-11-12-13-14-15-16-17-18-23-19-21-24(22-20-23)27(25)26/h17-22H,2-16H2,1H3/b18-17+. The monoisotopic (exact) mass is 428 g/mol. The number of unbranched alkanes of at least 4 members (excludes halogenated alkanes) is 14. The van der Waals surface area contributed by atoms with Gasteiger partial charge in [0.15, 0.2) is 0 Å². The first-order chi connectivity index (χ1) is 13.2. The molecule has 0 fully saturated rings. The number of rotatable bonds is 17. The highest BCUT2D eigenvalue weighted by Gasteiger charge is 2.01. The van der Waals surface area contributed by atoms with Gasteiger partial charge in [-0.2, -0.15) is 0 Å². The third-order valence-electron chi connectivity index (χ3n) is 5.12. The van der Waals surface area contributed by atoms with Gasteiger partial charge in [-0.1, -0.05) is 149 Å². The van der Waals surface area contributed by atoms with Crippen LogP contribution < -0.4 is 5.30 Å². The lowest BCUT2D eigenvalue weighted by Crippen LogP contribution is -1.92. The zero-order chi connectivity index (χ0) is 19.6. The Hall–Kier alpha value is -0.0300. The number of benzene rings is 1. The van der Waals surface area contributed by atoms with Gasteiger partial charge in [-0.3, -0.25) is 0 Å². The molecule has 1 aromatic rings. The summed E-state index contributed by atoms with van der Waals surface area (Å²) in [6, 6.07) is 8.24. The molecule has 0 aliphatic rings. The number of allylic oxidation sites excluding steroid dienone is 1. The van der Waals surface area contributed by atoms with E-state index in [9.17, 15) is 0 Å². The fourth-order valence-electron chi connectivity index (χ4n) is 3.37. The Labute approximate surface area is 179 Å². The maximum atomic E-state index is 5.92. The first kappa shape index (κ1) is 25.0. The minimum Gasteiger partial charge on any atom is -0.0839 e. The molecule has 3 heteroatoms. The molecule has 0 N–H and O–H groups in total. The Kier molecular flexibility index (Phi) is 16.7. The van der Waals surface area contributed by atoms with Gasteiger partial charge >= 0.3 is 0 Å². The molecule has 0 atom stereocenters. The molecule has 0 amide bonds. The summed E-state index contributed by atoms with van der Waals surface area (Å²) >= 11 is 11.8. The molecular weight excluding hydrogens is 390 g/mol. The van der Waals surface area contributed by atoms with Crippen LogP contribution in [0.1, 0.15) is 109 Å². The minimum absolute atomic E-state index is 1.02. The van der Waals surface area contributed by atoms with Crippen LogP contribution in [0, 0.1) is 0 Å². The van der Waals surface area contributed by atoms with Crippen LogP contribution >= 0.6 is 29.1 Å². The zero-order valence-corrected chi connectivity index (χ0v) is 19.7. The molecule has 0 spiro atoms. The molecule has 0 heterocycles. The molecule has 0 saturated carbocycles. The Morgan fingerprint density at radius 1 is 0.667 bits per heavy atom. The normalized spacial score (nSPS) is 11.7. The van der Waals surface area contributed by atoms with Gasteiger partial charge in [0.2, 0.25) is 0 Å². The van der Waals surface area contributed by atoms with E-state index in [1.54, 1.807) is 0 Å². The van der Waals surface area contributed by atoms with Crippen LogP contribution in [0.5, 0.6) is 0 Å². The van der Waals surface area contributed by atoms with Crippen molar-refractivity contribution < 1.29 is 0 Å². The van der Waals surface area contributed by atoms with Gasteiger partial charge in [0.05, 0.1) is 0 Å². The smallest absolute Gasteiger partial charge is 0.0839 e.